The van der Waals surface area contributed by atoms with Gasteiger partial charge in [-0.1, -0.05) is 115 Å². The number of aryl methyl sites for hydroxylation is 2. The second kappa shape index (κ2) is 22.4. The summed E-state index contributed by atoms with van der Waals surface area (Å²) in [5.41, 5.74) is 8.32. The zero-order valence-electron chi connectivity index (χ0n) is 19.9. The molecular weight excluding hydrogens is 350 g/mol. The number of rotatable bonds is 8. The third-order valence-electron chi connectivity index (χ3n) is 4.97. The Labute approximate surface area is 182 Å². The van der Waals surface area contributed by atoms with E-state index in [1.54, 1.807) is 0 Å². The summed E-state index contributed by atoms with van der Waals surface area (Å²) in [5.74, 6) is 1.67. The van der Waals surface area contributed by atoms with Crippen LogP contribution in [-0.4, -0.2) is 6.54 Å². The summed E-state index contributed by atoms with van der Waals surface area (Å²) >= 11 is 0. The quantitative estimate of drug-likeness (QED) is 0.447. The molecule has 0 spiro atoms. The first-order chi connectivity index (χ1) is 14.1. The number of hydrogen-bond donors (Lipinski definition) is 1. The van der Waals surface area contributed by atoms with E-state index < -0.39 is 0 Å². The first-order valence-corrected chi connectivity index (χ1v) is 11.4. The molecule has 0 saturated carbocycles. The van der Waals surface area contributed by atoms with E-state index in [0.717, 1.165) is 24.8 Å². The SMILES string of the molecule is C=C.CCCC(C)C(C)CCN.CCCc1ccccc1.CCc1ccccc1. The summed E-state index contributed by atoms with van der Waals surface area (Å²) in [5, 5.41) is 0. The van der Waals surface area contributed by atoms with Crippen molar-refractivity contribution in [3.63, 3.8) is 0 Å². The fraction of sp³-hybridized carbons (Fsp3) is 0.500. The second-order valence-electron chi connectivity index (χ2n) is 7.40. The molecule has 0 fully saturated rings. The molecule has 164 valence electrons. The van der Waals surface area contributed by atoms with Gasteiger partial charge >= 0.3 is 0 Å². The van der Waals surface area contributed by atoms with Crippen LogP contribution in [0.2, 0.25) is 0 Å². The molecule has 2 aromatic rings. The van der Waals surface area contributed by atoms with Crippen molar-refractivity contribution in [2.45, 2.75) is 73.1 Å². The van der Waals surface area contributed by atoms with Crippen LogP contribution in [0.5, 0.6) is 0 Å². The van der Waals surface area contributed by atoms with Gasteiger partial charge in [-0.15, -0.1) is 13.2 Å². The Hall–Kier alpha value is -1.86. The fourth-order valence-electron chi connectivity index (χ4n) is 2.93. The average Bonchev–Trinajstić information content (AvgIpc) is 2.78. The monoisotopic (exact) mass is 397 g/mol. The Kier molecular flexibility index (Phi) is 22.7. The Balaban J connectivity index is 0. The molecule has 0 heterocycles. The smallest absolute Gasteiger partial charge is 0.00746 e. The minimum absolute atomic E-state index is 0.810. The predicted molar refractivity (Wildman–Crippen MR) is 134 cm³/mol. The molecule has 0 radical (unpaired) electrons. The van der Waals surface area contributed by atoms with Crippen LogP contribution in [0.4, 0.5) is 0 Å². The standard InChI is InChI=1S/C9H21N.C9H12.C8H10.C2H4/c1-4-5-8(2)9(3)6-7-10;1-2-6-9-7-4-3-5-8-9;1-2-8-6-4-3-5-7-8;1-2/h8-9H,4-7,10H2,1-3H3;3-5,7-8H,2,6H2,1H3;3-7H,2H2,1H3;1-2H2. The lowest BCUT2D eigenvalue weighted by Gasteiger charge is -2.17. The van der Waals surface area contributed by atoms with Gasteiger partial charge in [0, 0.05) is 0 Å². The molecule has 2 rings (SSSR count). The summed E-state index contributed by atoms with van der Waals surface area (Å²) in [6.07, 6.45) is 7.42. The van der Waals surface area contributed by atoms with E-state index in [1.807, 2.05) is 6.07 Å². The van der Waals surface area contributed by atoms with Crippen molar-refractivity contribution < 1.29 is 0 Å². The Morgan fingerprint density at radius 1 is 0.690 bits per heavy atom. The lowest BCUT2D eigenvalue weighted by atomic mass is 9.89. The van der Waals surface area contributed by atoms with Crippen LogP contribution in [0, 0.1) is 11.8 Å². The molecule has 0 amide bonds. The van der Waals surface area contributed by atoms with Gasteiger partial charge in [0.15, 0.2) is 0 Å². The molecule has 2 aromatic carbocycles. The maximum atomic E-state index is 5.46. The highest BCUT2D eigenvalue weighted by atomic mass is 14.5. The van der Waals surface area contributed by atoms with E-state index in [0.29, 0.717) is 0 Å². The van der Waals surface area contributed by atoms with Crippen molar-refractivity contribution in [1.29, 1.82) is 0 Å². The molecule has 0 aliphatic heterocycles. The molecule has 2 unspecified atom stereocenters. The van der Waals surface area contributed by atoms with Gasteiger partial charge in [0.25, 0.3) is 0 Å². The Morgan fingerprint density at radius 3 is 1.48 bits per heavy atom. The first-order valence-electron chi connectivity index (χ1n) is 11.4. The summed E-state index contributed by atoms with van der Waals surface area (Å²) in [4.78, 5) is 0. The van der Waals surface area contributed by atoms with Crippen LogP contribution in [-0.2, 0) is 12.8 Å². The molecule has 2 N–H and O–H groups in total. The van der Waals surface area contributed by atoms with Crippen molar-refractivity contribution in [2.24, 2.45) is 17.6 Å². The largest absolute Gasteiger partial charge is 0.330 e. The zero-order valence-corrected chi connectivity index (χ0v) is 19.9. The first kappa shape index (κ1) is 29.3. The number of nitrogens with two attached hydrogens (primary N) is 1. The molecule has 0 bridgehead atoms. The summed E-state index contributed by atoms with van der Waals surface area (Å²) in [7, 11) is 0. The zero-order chi connectivity index (χ0) is 22.3. The van der Waals surface area contributed by atoms with Crippen LogP contribution in [0.3, 0.4) is 0 Å². The minimum atomic E-state index is 0.810. The molecule has 1 nitrogen and oxygen atoms in total. The highest BCUT2D eigenvalue weighted by molar-refractivity contribution is 5.14. The summed E-state index contributed by atoms with van der Waals surface area (Å²) in [6.45, 7) is 18.1. The van der Waals surface area contributed by atoms with Gasteiger partial charge in [0.05, 0.1) is 0 Å². The molecule has 0 aliphatic rings. The maximum absolute atomic E-state index is 5.46. The highest BCUT2D eigenvalue weighted by Gasteiger charge is 2.09. The van der Waals surface area contributed by atoms with Crippen LogP contribution in [0.25, 0.3) is 0 Å². The topological polar surface area (TPSA) is 26.0 Å². The third kappa shape index (κ3) is 17.9. The Bertz CT molecular complexity index is 525. The van der Waals surface area contributed by atoms with Crippen molar-refractivity contribution in [1.82, 2.24) is 0 Å². The van der Waals surface area contributed by atoms with Gasteiger partial charge in [0.2, 0.25) is 0 Å². The molecule has 1 heteroatoms. The van der Waals surface area contributed by atoms with Crippen LogP contribution < -0.4 is 5.73 Å². The van der Waals surface area contributed by atoms with Gasteiger partial charge in [0.1, 0.15) is 0 Å². The van der Waals surface area contributed by atoms with Gasteiger partial charge < -0.3 is 5.73 Å². The molecule has 0 aliphatic carbocycles. The predicted octanol–water partition coefficient (Wildman–Crippen LogP) is 8.10. The van der Waals surface area contributed by atoms with E-state index in [-0.39, 0.29) is 0 Å². The van der Waals surface area contributed by atoms with E-state index in [2.05, 4.69) is 102 Å². The number of hydrogen-bond acceptors (Lipinski definition) is 1. The maximum Gasteiger partial charge on any atom is -0.00746 e. The van der Waals surface area contributed by atoms with Crippen molar-refractivity contribution in [3.05, 3.63) is 84.9 Å². The Morgan fingerprint density at radius 2 is 1.14 bits per heavy atom. The van der Waals surface area contributed by atoms with Crippen LogP contribution in [0.15, 0.2) is 73.8 Å². The molecule has 29 heavy (non-hydrogen) atoms. The van der Waals surface area contributed by atoms with Gasteiger partial charge in [-0.25, -0.2) is 0 Å². The average molecular weight is 398 g/mol. The van der Waals surface area contributed by atoms with E-state index in [9.17, 15) is 0 Å². The molecule has 0 saturated heterocycles. The van der Waals surface area contributed by atoms with Crippen LogP contribution in [0.1, 0.15) is 71.4 Å². The number of benzene rings is 2. The molecule has 0 aromatic heterocycles. The van der Waals surface area contributed by atoms with Gasteiger partial charge in [-0.05, 0) is 48.8 Å². The van der Waals surface area contributed by atoms with Crippen LogP contribution >= 0.6 is 0 Å². The van der Waals surface area contributed by atoms with Crippen molar-refractivity contribution >= 4 is 0 Å². The minimum Gasteiger partial charge on any atom is -0.330 e. The van der Waals surface area contributed by atoms with Crippen molar-refractivity contribution in [3.8, 4) is 0 Å². The summed E-state index contributed by atoms with van der Waals surface area (Å²) in [6, 6.07) is 21.0. The van der Waals surface area contributed by atoms with Gasteiger partial charge in [-0.3, -0.25) is 0 Å². The van der Waals surface area contributed by atoms with Gasteiger partial charge in [-0.2, -0.15) is 0 Å². The molecular formula is C28H47N. The fourth-order valence-corrected chi connectivity index (χ4v) is 2.93. The third-order valence-corrected chi connectivity index (χ3v) is 4.97. The lowest BCUT2D eigenvalue weighted by molar-refractivity contribution is 0.345. The normalized spacial score (nSPS) is 11.4. The van der Waals surface area contributed by atoms with Crippen molar-refractivity contribution in [2.75, 3.05) is 6.54 Å². The summed E-state index contributed by atoms with van der Waals surface area (Å²) < 4.78 is 0. The van der Waals surface area contributed by atoms with E-state index >= 15 is 0 Å². The van der Waals surface area contributed by atoms with E-state index in [4.69, 9.17) is 5.73 Å². The molecule has 2 atom stereocenters. The van der Waals surface area contributed by atoms with E-state index in [1.165, 1.54) is 43.2 Å². The lowest BCUT2D eigenvalue weighted by Crippen LogP contribution is -2.12. The highest BCUT2D eigenvalue weighted by Crippen LogP contribution is 2.18. The second-order valence-corrected chi connectivity index (χ2v) is 7.40.